The first-order chi connectivity index (χ1) is 7.86. The maximum Gasteiger partial charge on any atom is 0.288 e. The van der Waals surface area contributed by atoms with E-state index in [-0.39, 0.29) is 11.7 Å². The molecule has 0 aliphatic carbocycles. The highest BCUT2D eigenvalue weighted by molar-refractivity contribution is 5.90. The molecule has 16 heavy (non-hydrogen) atoms. The largest absolute Gasteiger partial charge is 0.349 e. The Hall–Kier alpha value is -1.43. The van der Waals surface area contributed by atoms with Crippen molar-refractivity contribution in [1.29, 1.82) is 0 Å². The number of H-pyrrole nitrogens is 1. The Labute approximate surface area is 94.2 Å². The van der Waals surface area contributed by atoms with Crippen molar-refractivity contribution in [3.8, 4) is 0 Å². The SMILES string of the molecule is O=C(NCCC1CCCNC1)c1ncn[nH]1. The molecule has 1 aliphatic rings. The zero-order chi connectivity index (χ0) is 11.2. The van der Waals surface area contributed by atoms with Crippen molar-refractivity contribution in [2.45, 2.75) is 19.3 Å². The number of amides is 1. The standard InChI is InChI=1S/C10H17N5O/c16-10(9-13-7-14-15-9)12-5-3-8-2-1-4-11-6-8/h7-8,11H,1-6H2,(H,12,16)(H,13,14,15). The van der Waals surface area contributed by atoms with Gasteiger partial charge in [-0.2, -0.15) is 5.10 Å². The molecule has 2 heterocycles. The molecular weight excluding hydrogens is 206 g/mol. The average Bonchev–Trinajstić information content (AvgIpc) is 2.84. The fraction of sp³-hybridized carbons (Fsp3) is 0.700. The molecule has 0 bridgehead atoms. The van der Waals surface area contributed by atoms with Crippen LogP contribution < -0.4 is 10.6 Å². The monoisotopic (exact) mass is 223 g/mol. The summed E-state index contributed by atoms with van der Waals surface area (Å²) in [6, 6.07) is 0. The lowest BCUT2D eigenvalue weighted by Crippen LogP contribution is -2.33. The van der Waals surface area contributed by atoms with Crippen LogP contribution in [0, 0.1) is 5.92 Å². The molecule has 1 amide bonds. The molecule has 0 spiro atoms. The maximum absolute atomic E-state index is 11.5. The Morgan fingerprint density at radius 1 is 1.62 bits per heavy atom. The Bertz CT molecular complexity index is 318. The van der Waals surface area contributed by atoms with Crippen LogP contribution in [-0.4, -0.2) is 40.7 Å². The summed E-state index contributed by atoms with van der Waals surface area (Å²) >= 11 is 0. The van der Waals surface area contributed by atoms with Gasteiger partial charge in [0.2, 0.25) is 5.82 Å². The quantitative estimate of drug-likeness (QED) is 0.667. The van der Waals surface area contributed by atoms with E-state index in [0.29, 0.717) is 12.5 Å². The Kier molecular flexibility index (Phi) is 3.87. The zero-order valence-corrected chi connectivity index (χ0v) is 9.20. The summed E-state index contributed by atoms with van der Waals surface area (Å²) in [6.07, 6.45) is 4.85. The third-order valence-electron chi connectivity index (χ3n) is 2.87. The topological polar surface area (TPSA) is 82.7 Å². The molecule has 6 nitrogen and oxygen atoms in total. The minimum Gasteiger partial charge on any atom is -0.349 e. The van der Waals surface area contributed by atoms with Crippen molar-refractivity contribution in [3.63, 3.8) is 0 Å². The fourth-order valence-electron chi connectivity index (χ4n) is 1.96. The third kappa shape index (κ3) is 3.03. The lowest BCUT2D eigenvalue weighted by molar-refractivity contribution is 0.0940. The van der Waals surface area contributed by atoms with Gasteiger partial charge in [-0.25, -0.2) is 4.98 Å². The molecular formula is C10H17N5O. The van der Waals surface area contributed by atoms with Gasteiger partial charge in [0, 0.05) is 6.54 Å². The smallest absolute Gasteiger partial charge is 0.288 e. The van der Waals surface area contributed by atoms with E-state index in [9.17, 15) is 4.79 Å². The van der Waals surface area contributed by atoms with Gasteiger partial charge in [0.15, 0.2) is 0 Å². The van der Waals surface area contributed by atoms with Gasteiger partial charge in [-0.15, -0.1) is 0 Å². The zero-order valence-electron chi connectivity index (χ0n) is 9.20. The van der Waals surface area contributed by atoms with Crippen LogP contribution in [0.15, 0.2) is 6.33 Å². The molecule has 6 heteroatoms. The highest BCUT2D eigenvalue weighted by atomic mass is 16.2. The van der Waals surface area contributed by atoms with E-state index in [0.717, 1.165) is 19.5 Å². The molecule has 1 fully saturated rings. The van der Waals surface area contributed by atoms with E-state index in [1.54, 1.807) is 0 Å². The van der Waals surface area contributed by atoms with Crippen LogP contribution in [0.5, 0.6) is 0 Å². The first-order valence-electron chi connectivity index (χ1n) is 5.70. The molecule has 1 aliphatic heterocycles. The van der Waals surface area contributed by atoms with Gasteiger partial charge in [-0.05, 0) is 38.3 Å². The van der Waals surface area contributed by atoms with Crippen molar-refractivity contribution in [1.82, 2.24) is 25.8 Å². The predicted molar refractivity (Wildman–Crippen MR) is 58.9 cm³/mol. The number of aromatic nitrogens is 3. The summed E-state index contributed by atoms with van der Waals surface area (Å²) in [7, 11) is 0. The summed E-state index contributed by atoms with van der Waals surface area (Å²) in [6.45, 7) is 2.89. The summed E-state index contributed by atoms with van der Waals surface area (Å²) in [5.41, 5.74) is 0. The molecule has 0 aromatic carbocycles. The van der Waals surface area contributed by atoms with Crippen LogP contribution in [0.2, 0.25) is 0 Å². The van der Waals surface area contributed by atoms with E-state index >= 15 is 0 Å². The number of nitrogens with zero attached hydrogens (tertiary/aromatic N) is 2. The first-order valence-corrected chi connectivity index (χ1v) is 5.70. The highest BCUT2D eigenvalue weighted by Gasteiger charge is 2.13. The van der Waals surface area contributed by atoms with Crippen LogP contribution in [0.4, 0.5) is 0 Å². The molecule has 1 aromatic rings. The number of nitrogens with one attached hydrogen (secondary N) is 3. The normalized spacial score (nSPS) is 20.6. The summed E-state index contributed by atoms with van der Waals surface area (Å²) in [5.74, 6) is 0.784. The van der Waals surface area contributed by atoms with Crippen molar-refractivity contribution in [2.75, 3.05) is 19.6 Å². The van der Waals surface area contributed by atoms with Crippen LogP contribution in [0.25, 0.3) is 0 Å². The van der Waals surface area contributed by atoms with E-state index in [2.05, 4.69) is 25.8 Å². The number of hydrogen-bond acceptors (Lipinski definition) is 4. The summed E-state index contributed by atoms with van der Waals surface area (Å²) < 4.78 is 0. The predicted octanol–water partition coefficient (Wildman–Crippen LogP) is -0.0758. The van der Waals surface area contributed by atoms with Gasteiger partial charge in [0.05, 0.1) is 0 Å². The lowest BCUT2D eigenvalue weighted by atomic mass is 9.96. The second kappa shape index (κ2) is 5.60. The minimum atomic E-state index is -0.179. The van der Waals surface area contributed by atoms with Gasteiger partial charge >= 0.3 is 0 Å². The van der Waals surface area contributed by atoms with Crippen LogP contribution >= 0.6 is 0 Å². The number of rotatable bonds is 4. The minimum absolute atomic E-state index is 0.179. The van der Waals surface area contributed by atoms with Gasteiger partial charge < -0.3 is 10.6 Å². The molecule has 0 saturated carbocycles. The van der Waals surface area contributed by atoms with Crippen LogP contribution in [0.3, 0.4) is 0 Å². The van der Waals surface area contributed by atoms with Crippen molar-refractivity contribution in [2.24, 2.45) is 5.92 Å². The van der Waals surface area contributed by atoms with Crippen LogP contribution in [-0.2, 0) is 0 Å². The molecule has 0 radical (unpaired) electrons. The lowest BCUT2D eigenvalue weighted by Gasteiger charge is -2.22. The van der Waals surface area contributed by atoms with Gasteiger partial charge in [-0.3, -0.25) is 9.89 Å². The molecule has 88 valence electrons. The Morgan fingerprint density at radius 3 is 3.25 bits per heavy atom. The highest BCUT2D eigenvalue weighted by Crippen LogP contribution is 2.12. The molecule has 1 unspecified atom stereocenters. The van der Waals surface area contributed by atoms with Crippen LogP contribution in [0.1, 0.15) is 29.9 Å². The third-order valence-corrected chi connectivity index (χ3v) is 2.87. The van der Waals surface area contributed by atoms with E-state index in [1.165, 1.54) is 19.2 Å². The van der Waals surface area contributed by atoms with Crippen molar-refractivity contribution >= 4 is 5.91 Å². The Morgan fingerprint density at radius 2 is 2.56 bits per heavy atom. The number of aromatic amines is 1. The van der Waals surface area contributed by atoms with Crippen molar-refractivity contribution in [3.05, 3.63) is 12.2 Å². The number of piperidine rings is 1. The number of carbonyl (C=O) groups is 1. The number of hydrogen-bond donors (Lipinski definition) is 3. The molecule has 1 atom stereocenters. The Balaban J connectivity index is 1.66. The van der Waals surface area contributed by atoms with Gasteiger partial charge in [0.25, 0.3) is 5.91 Å². The van der Waals surface area contributed by atoms with Crippen molar-refractivity contribution < 1.29 is 4.79 Å². The maximum atomic E-state index is 11.5. The van der Waals surface area contributed by atoms with E-state index in [4.69, 9.17) is 0 Å². The van der Waals surface area contributed by atoms with E-state index < -0.39 is 0 Å². The summed E-state index contributed by atoms with van der Waals surface area (Å²) in [5, 5.41) is 12.4. The molecule has 1 saturated heterocycles. The average molecular weight is 223 g/mol. The first kappa shape index (κ1) is 11.1. The van der Waals surface area contributed by atoms with Gasteiger partial charge in [-0.1, -0.05) is 0 Å². The molecule has 2 rings (SSSR count). The second-order valence-corrected chi connectivity index (χ2v) is 4.09. The molecule has 1 aromatic heterocycles. The second-order valence-electron chi connectivity index (χ2n) is 4.09. The molecule has 3 N–H and O–H groups in total. The van der Waals surface area contributed by atoms with Gasteiger partial charge in [0.1, 0.15) is 6.33 Å². The number of carbonyl (C=O) groups excluding carboxylic acids is 1. The fourth-order valence-corrected chi connectivity index (χ4v) is 1.96. The van der Waals surface area contributed by atoms with E-state index in [1.807, 2.05) is 0 Å². The summed E-state index contributed by atoms with van der Waals surface area (Å²) in [4.78, 5) is 15.3.